The van der Waals surface area contributed by atoms with Gasteiger partial charge >= 0.3 is 121 Å². The van der Waals surface area contributed by atoms with Gasteiger partial charge in [-0.15, -0.1) is 0 Å². The SMILES string of the molecule is CCOC[C@@H]1CCC([I-]OC2CC23CCCN3)N1. The molecule has 1 aliphatic carbocycles. The first kappa shape index (κ1) is 13.5. The van der Waals surface area contributed by atoms with Crippen molar-refractivity contribution >= 4 is 0 Å². The molecule has 0 aromatic rings. The minimum absolute atomic E-state index is 0.150. The molecule has 3 aliphatic rings. The standard InChI is InChI=1S/C13H24IN2O2/c1-2-17-9-10-4-5-12(16-10)14-18-11-8-13(11)6-3-7-15-13/h10-12,15-16H,2-9H2,1H3/q-1/t10-,11?,12?,13?/m0/s1. The molecule has 106 valence electrons. The van der Waals surface area contributed by atoms with Gasteiger partial charge in [0.15, 0.2) is 0 Å². The molecule has 2 heterocycles. The van der Waals surface area contributed by atoms with Crippen molar-refractivity contribution in [2.75, 3.05) is 19.8 Å². The number of hydrogen-bond donors (Lipinski definition) is 2. The Morgan fingerprint density at radius 3 is 3.11 bits per heavy atom. The number of alkyl halides is 1. The topological polar surface area (TPSA) is 42.5 Å². The second-order valence-electron chi connectivity index (χ2n) is 5.63. The summed E-state index contributed by atoms with van der Waals surface area (Å²) >= 11 is -0.150. The molecule has 0 bridgehead atoms. The third-order valence-electron chi connectivity index (χ3n) is 4.26. The molecule has 1 spiro atoms. The summed E-state index contributed by atoms with van der Waals surface area (Å²) in [5, 5.41) is 7.29. The summed E-state index contributed by atoms with van der Waals surface area (Å²) in [5.74, 6) is 0. The first-order valence-electron chi connectivity index (χ1n) is 7.20. The fourth-order valence-corrected chi connectivity index (χ4v) is 5.67. The molecule has 5 heteroatoms. The molecule has 3 fully saturated rings. The molecule has 0 aromatic heterocycles. The van der Waals surface area contributed by atoms with Gasteiger partial charge in [-0.1, -0.05) is 0 Å². The average molecular weight is 367 g/mol. The predicted octanol–water partition coefficient (Wildman–Crippen LogP) is -1.98. The minimum atomic E-state index is -0.150. The summed E-state index contributed by atoms with van der Waals surface area (Å²) in [6, 6.07) is 0.566. The zero-order chi connectivity index (χ0) is 12.4. The van der Waals surface area contributed by atoms with E-state index in [0.717, 1.165) is 13.2 Å². The molecule has 0 amide bonds. The summed E-state index contributed by atoms with van der Waals surface area (Å²) in [7, 11) is 0. The zero-order valence-corrected chi connectivity index (χ0v) is 13.2. The number of hydrogen-bond acceptors (Lipinski definition) is 4. The van der Waals surface area contributed by atoms with Crippen LogP contribution in [-0.4, -0.2) is 41.5 Å². The van der Waals surface area contributed by atoms with Gasteiger partial charge in [-0.05, 0) is 0 Å². The van der Waals surface area contributed by atoms with E-state index in [4.69, 9.17) is 7.80 Å². The normalized spacial score (nSPS) is 43.1. The second kappa shape index (κ2) is 5.91. The van der Waals surface area contributed by atoms with E-state index in [0.29, 0.717) is 21.7 Å². The van der Waals surface area contributed by atoms with Crippen LogP contribution >= 0.6 is 0 Å². The molecular weight excluding hydrogens is 343 g/mol. The van der Waals surface area contributed by atoms with Crippen LogP contribution in [-0.2, 0) is 7.80 Å². The molecule has 2 aliphatic heterocycles. The van der Waals surface area contributed by atoms with Gasteiger partial charge < -0.3 is 0 Å². The van der Waals surface area contributed by atoms with Gasteiger partial charge in [0.2, 0.25) is 0 Å². The van der Waals surface area contributed by atoms with Crippen molar-refractivity contribution in [3.05, 3.63) is 0 Å². The van der Waals surface area contributed by atoms with Crippen molar-refractivity contribution in [2.24, 2.45) is 0 Å². The molecule has 4 nitrogen and oxygen atoms in total. The Morgan fingerprint density at radius 2 is 2.33 bits per heavy atom. The van der Waals surface area contributed by atoms with Gasteiger partial charge in [0.05, 0.1) is 0 Å². The monoisotopic (exact) mass is 367 g/mol. The average Bonchev–Trinajstić information content (AvgIpc) is 2.75. The van der Waals surface area contributed by atoms with Gasteiger partial charge in [-0.25, -0.2) is 0 Å². The molecule has 0 aromatic carbocycles. The summed E-state index contributed by atoms with van der Waals surface area (Å²) in [5.41, 5.74) is 0.406. The Kier molecular flexibility index (Phi) is 4.45. The summed E-state index contributed by atoms with van der Waals surface area (Å²) in [4.78, 5) is 0. The van der Waals surface area contributed by atoms with Crippen molar-refractivity contribution in [3.8, 4) is 0 Å². The number of nitrogens with one attached hydrogen (secondary N) is 2. The molecular formula is C13H24IN2O2-. The van der Waals surface area contributed by atoms with Crippen molar-refractivity contribution in [1.29, 1.82) is 0 Å². The van der Waals surface area contributed by atoms with Crippen molar-refractivity contribution in [1.82, 2.24) is 10.6 Å². The summed E-state index contributed by atoms with van der Waals surface area (Å²) < 4.78 is 12.3. The number of halogens is 1. The van der Waals surface area contributed by atoms with Crippen LogP contribution in [0.1, 0.15) is 39.0 Å². The molecule has 3 unspecified atom stereocenters. The van der Waals surface area contributed by atoms with Crippen LogP contribution in [0.25, 0.3) is 0 Å². The maximum absolute atomic E-state index is 6.17. The fourth-order valence-electron chi connectivity index (χ4n) is 3.02. The zero-order valence-electron chi connectivity index (χ0n) is 11.1. The van der Waals surface area contributed by atoms with Crippen LogP contribution in [0.4, 0.5) is 0 Å². The van der Waals surface area contributed by atoms with Crippen LogP contribution in [0.15, 0.2) is 0 Å². The molecule has 2 saturated heterocycles. The van der Waals surface area contributed by atoms with Crippen LogP contribution < -0.4 is 32.3 Å². The Bertz CT molecular complexity index is 284. The van der Waals surface area contributed by atoms with Crippen LogP contribution in [0, 0.1) is 0 Å². The van der Waals surface area contributed by atoms with Crippen LogP contribution in [0.5, 0.6) is 0 Å². The van der Waals surface area contributed by atoms with E-state index in [1.807, 2.05) is 0 Å². The Hall–Kier alpha value is 0.570. The molecule has 3 rings (SSSR count). The van der Waals surface area contributed by atoms with Crippen LogP contribution in [0.2, 0.25) is 0 Å². The predicted molar refractivity (Wildman–Crippen MR) is 65.9 cm³/mol. The molecule has 4 atom stereocenters. The van der Waals surface area contributed by atoms with Gasteiger partial charge in [-0.3, -0.25) is 0 Å². The van der Waals surface area contributed by atoms with E-state index in [2.05, 4.69) is 17.6 Å². The van der Waals surface area contributed by atoms with E-state index in [1.165, 1.54) is 38.6 Å². The number of ether oxygens (including phenoxy) is 1. The molecule has 2 N–H and O–H groups in total. The van der Waals surface area contributed by atoms with Crippen LogP contribution in [0.3, 0.4) is 0 Å². The third kappa shape index (κ3) is 3.00. The Labute approximate surface area is 120 Å². The van der Waals surface area contributed by atoms with E-state index >= 15 is 0 Å². The third-order valence-corrected chi connectivity index (χ3v) is 6.76. The quantitative estimate of drug-likeness (QED) is 0.324. The van der Waals surface area contributed by atoms with Gasteiger partial charge in [0.1, 0.15) is 0 Å². The first-order chi connectivity index (χ1) is 8.82. The maximum atomic E-state index is 6.17. The molecule has 1 saturated carbocycles. The second-order valence-corrected chi connectivity index (χ2v) is 8.15. The molecule has 18 heavy (non-hydrogen) atoms. The van der Waals surface area contributed by atoms with Crippen molar-refractivity contribution in [2.45, 2.75) is 60.8 Å². The van der Waals surface area contributed by atoms with E-state index in [1.54, 1.807) is 0 Å². The van der Waals surface area contributed by atoms with Gasteiger partial charge in [0.25, 0.3) is 0 Å². The number of rotatable bonds is 6. The van der Waals surface area contributed by atoms with E-state index in [-0.39, 0.29) is 21.6 Å². The summed E-state index contributed by atoms with van der Waals surface area (Å²) in [6.07, 6.45) is 6.96. The van der Waals surface area contributed by atoms with Crippen molar-refractivity contribution in [3.63, 3.8) is 0 Å². The van der Waals surface area contributed by atoms with Gasteiger partial charge in [-0.2, -0.15) is 0 Å². The van der Waals surface area contributed by atoms with Crippen molar-refractivity contribution < 1.29 is 29.4 Å². The van der Waals surface area contributed by atoms with E-state index < -0.39 is 0 Å². The Balaban J connectivity index is 1.33. The Morgan fingerprint density at radius 1 is 1.39 bits per heavy atom. The first-order valence-corrected chi connectivity index (χ1v) is 9.33. The van der Waals surface area contributed by atoms with Gasteiger partial charge in [0, 0.05) is 0 Å². The molecule has 0 radical (unpaired) electrons. The fraction of sp³-hybridized carbons (Fsp3) is 1.00. The van der Waals surface area contributed by atoms with E-state index in [9.17, 15) is 0 Å². The summed E-state index contributed by atoms with van der Waals surface area (Å²) in [6.45, 7) is 4.94.